The van der Waals surface area contributed by atoms with Gasteiger partial charge in [-0.1, -0.05) is 36.3 Å². The van der Waals surface area contributed by atoms with E-state index in [1.165, 1.54) is 30.4 Å². The van der Waals surface area contributed by atoms with Crippen LogP contribution in [0, 0.1) is 0 Å². The van der Waals surface area contributed by atoms with Gasteiger partial charge < -0.3 is 0 Å². The highest BCUT2D eigenvalue weighted by atomic mass is 14.1. The Morgan fingerprint density at radius 1 is 1.42 bits per heavy atom. The summed E-state index contributed by atoms with van der Waals surface area (Å²) in [5, 5.41) is 0. The van der Waals surface area contributed by atoms with Crippen LogP contribution in [0.2, 0.25) is 0 Å². The Labute approximate surface area is 75.7 Å². The van der Waals surface area contributed by atoms with Gasteiger partial charge in [0.05, 0.1) is 0 Å². The Balaban J connectivity index is 2.92. The van der Waals surface area contributed by atoms with Gasteiger partial charge in [-0.25, -0.2) is 0 Å². The minimum absolute atomic E-state index is 1.20. The molecule has 0 amide bonds. The molecule has 0 aromatic carbocycles. The molecular formula is C12H18. The Kier molecular flexibility index (Phi) is 3.33. The molecule has 0 aliphatic heterocycles. The summed E-state index contributed by atoms with van der Waals surface area (Å²) < 4.78 is 0. The van der Waals surface area contributed by atoms with E-state index in [2.05, 4.69) is 39.0 Å². The predicted octanol–water partition coefficient (Wildman–Crippen LogP) is 4.01. The predicted molar refractivity (Wildman–Crippen MR) is 55.1 cm³/mol. The van der Waals surface area contributed by atoms with Gasteiger partial charge in [-0.05, 0) is 38.7 Å². The van der Waals surface area contributed by atoms with Crippen LogP contribution in [0.5, 0.6) is 0 Å². The van der Waals surface area contributed by atoms with E-state index in [-0.39, 0.29) is 0 Å². The van der Waals surface area contributed by atoms with Crippen LogP contribution in [-0.2, 0) is 0 Å². The molecule has 0 radical (unpaired) electrons. The second-order valence-electron chi connectivity index (χ2n) is 3.40. The molecule has 0 nitrogen and oxygen atoms in total. The molecule has 0 aromatic heterocycles. The molecule has 0 saturated carbocycles. The molecule has 0 fully saturated rings. The second kappa shape index (κ2) is 4.30. The van der Waals surface area contributed by atoms with E-state index in [0.29, 0.717) is 0 Å². The van der Waals surface area contributed by atoms with Crippen molar-refractivity contribution in [3.8, 4) is 0 Å². The quantitative estimate of drug-likeness (QED) is 0.575. The zero-order valence-corrected chi connectivity index (χ0v) is 8.35. The lowest BCUT2D eigenvalue weighted by Crippen LogP contribution is -1.95. The Morgan fingerprint density at radius 3 is 2.75 bits per heavy atom. The fraction of sp³-hybridized carbons (Fsp3) is 0.500. The van der Waals surface area contributed by atoms with Gasteiger partial charge in [0.25, 0.3) is 0 Å². The molecule has 0 aromatic rings. The van der Waals surface area contributed by atoms with Crippen LogP contribution in [0.15, 0.2) is 34.9 Å². The lowest BCUT2D eigenvalue weighted by atomic mass is 9.91. The first-order chi connectivity index (χ1) is 5.77. The molecule has 66 valence electrons. The molecule has 1 rings (SSSR count). The van der Waals surface area contributed by atoms with Gasteiger partial charge in [0.15, 0.2) is 0 Å². The molecule has 0 spiro atoms. The third-order valence-corrected chi connectivity index (χ3v) is 2.40. The van der Waals surface area contributed by atoms with Crippen molar-refractivity contribution in [2.45, 2.75) is 40.0 Å². The van der Waals surface area contributed by atoms with Gasteiger partial charge in [0.1, 0.15) is 0 Å². The molecule has 0 heterocycles. The van der Waals surface area contributed by atoms with E-state index in [4.69, 9.17) is 0 Å². The van der Waals surface area contributed by atoms with Crippen molar-refractivity contribution in [2.24, 2.45) is 0 Å². The Morgan fingerprint density at radius 2 is 2.17 bits per heavy atom. The van der Waals surface area contributed by atoms with E-state index in [0.717, 1.165) is 0 Å². The fourth-order valence-electron chi connectivity index (χ4n) is 1.66. The van der Waals surface area contributed by atoms with Crippen LogP contribution in [0.25, 0.3) is 0 Å². The molecule has 0 N–H and O–H groups in total. The van der Waals surface area contributed by atoms with Crippen molar-refractivity contribution in [2.75, 3.05) is 0 Å². The lowest BCUT2D eigenvalue weighted by molar-refractivity contribution is 0.846. The minimum Gasteiger partial charge on any atom is -0.0871 e. The number of hydrogen-bond donors (Lipinski definition) is 0. The smallest absolute Gasteiger partial charge is 0.0268 e. The standard InChI is InChI=1S/C12H18/c1-4-6-12-9-10(3)7-8-11(12)5-2/h4,6,9H,5,7-8H2,1-3H3. The highest BCUT2D eigenvalue weighted by Gasteiger charge is 2.06. The third kappa shape index (κ3) is 2.10. The van der Waals surface area contributed by atoms with Gasteiger partial charge in [0.2, 0.25) is 0 Å². The van der Waals surface area contributed by atoms with Crippen molar-refractivity contribution in [3.63, 3.8) is 0 Å². The van der Waals surface area contributed by atoms with E-state index >= 15 is 0 Å². The van der Waals surface area contributed by atoms with E-state index in [1.54, 1.807) is 5.57 Å². The van der Waals surface area contributed by atoms with Crippen molar-refractivity contribution in [3.05, 3.63) is 34.9 Å². The monoisotopic (exact) mass is 162 g/mol. The fourth-order valence-corrected chi connectivity index (χ4v) is 1.66. The highest BCUT2D eigenvalue weighted by molar-refractivity contribution is 5.40. The highest BCUT2D eigenvalue weighted by Crippen LogP contribution is 2.26. The first-order valence-corrected chi connectivity index (χ1v) is 4.79. The zero-order chi connectivity index (χ0) is 8.97. The summed E-state index contributed by atoms with van der Waals surface area (Å²) >= 11 is 0. The maximum absolute atomic E-state index is 2.32. The average molecular weight is 162 g/mol. The lowest BCUT2D eigenvalue weighted by Gasteiger charge is -2.15. The summed E-state index contributed by atoms with van der Waals surface area (Å²) in [5.74, 6) is 0. The van der Waals surface area contributed by atoms with E-state index in [9.17, 15) is 0 Å². The third-order valence-electron chi connectivity index (χ3n) is 2.40. The largest absolute Gasteiger partial charge is 0.0871 e. The van der Waals surface area contributed by atoms with E-state index in [1.807, 2.05) is 0 Å². The first-order valence-electron chi connectivity index (χ1n) is 4.79. The molecule has 1 aliphatic rings. The van der Waals surface area contributed by atoms with E-state index < -0.39 is 0 Å². The second-order valence-corrected chi connectivity index (χ2v) is 3.40. The van der Waals surface area contributed by atoms with Crippen LogP contribution in [0.1, 0.15) is 40.0 Å². The Bertz CT molecular complexity index is 239. The van der Waals surface area contributed by atoms with Gasteiger partial charge in [0, 0.05) is 0 Å². The maximum atomic E-state index is 2.32. The summed E-state index contributed by atoms with van der Waals surface area (Å²) in [6.45, 7) is 6.54. The molecule has 12 heavy (non-hydrogen) atoms. The summed E-state index contributed by atoms with van der Waals surface area (Å²) in [6, 6.07) is 0. The average Bonchev–Trinajstić information content (AvgIpc) is 2.05. The molecule has 0 unspecified atom stereocenters. The molecule has 1 aliphatic carbocycles. The van der Waals surface area contributed by atoms with Crippen LogP contribution in [-0.4, -0.2) is 0 Å². The Hall–Kier alpha value is -0.780. The van der Waals surface area contributed by atoms with Crippen molar-refractivity contribution in [1.82, 2.24) is 0 Å². The maximum Gasteiger partial charge on any atom is -0.0268 e. The van der Waals surface area contributed by atoms with Crippen molar-refractivity contribution < 1.29 is 0 Å². The van der Waals surface area contributed by atoms with Gasteiger partial charge in [-0.15, -0.1) is 0 Å². The SMILES string of the molecule is CC=CC1=C(CC)CCC(C)=C1. The van der Waals surface area contributed by atoms with Gasteiger partial charge >= 0.3 is 0 Å². The molecule has 0 heteroatoms. The van der Waals surface area contributed by atoms with Crippen molar-refractivity contribution >= 4 is 0 Å². The molecular weight excluding hydrogens is 144 g/mol. The number of rotatable bonds is 2. The van der Waals surface area contributed by atoms with Crippen LogP contribution in [0.4, 0.5) is 0 Å². The summed E-state index contributed by atoms with van der Waals surface area (Å²) in [6.07, 6.45) is 10.4. The molecule has 0 atom stereocenters. The van der Waals surface area contributed by atoms with Gasteiger partial charge in [-0.2, -0.15) is 0 Å². The van der Waals surface area contributed by atoms with Crippen LogP contribution in [0.3, 0.4) is 0 Å². The number of hydrogen-bond acceptors (Lipinski definition) is 0. The number of allylic oxidation sites excluding steroid dienone is 6. The van der Waals surface area contributed by atoms with Crippen LogP contribution >= 0.6 is 0 Å². The topological polar surface area (TPSA) is 0 Å². The molecule has 0 bridgehead atoms. The van der Waals surface area contributed by atoms with Gasteiger partial charge in [-0.3, -0.25) is 0 Å². The summed E-state index contributed by atoms with van der Waals surface area (Å²) in [5.41, 5.74) is 4.57. The first kappa shape index (κ1) is 9.31. The zero-order valence-electron chi connectivity index (χ0n) is 8.35. The summed E-state index contributed by atoms with van der Waals surface area (Å²) in [7, 11) is 0. The van der Waals surface area contributed by atoms with Crippen molar-refractivity contribution in [1.29, 1.82) is 0 Å². The molecule has 0 saturated heterocycles. The normalized spacial score (nSPS) is 18.8. The van der Waals surface area contributed by atoms with Crippen LogP contribution < -0.4 is 0 Å². The minimum atomic E-state index is 1.20. The summed E-state index contributed by atoms with van der Waals surface area (Å²) in [4.78, 5) is 0.